The third kappa shape index (κ3) is 1.71. The lowest BCUT2D eigenvalue weighted by Crippen LogP contribution is -2.24. The van der Waals surface area contributed by atoms with Gasteiger partial charge in [0, 0.05) is 13.7 Å². The molecule has 0 aliphatic rings. The lowest BCUT2D eigenvalue weighted by Gasteiger charge is -2.02. The van der Waals surface area contributed by atoms with E-state index in [9.17, 15) is 4.79 Å². The molecular weight excluding hydrogens is 208 g/mol. The van der Waals surface area contributed by atoms with Crippen molar-refractivity contribution in [3.63, 3.8) is 0 Å². The highest BCUT2D eigenvalue weighted by atomic mass is 16.5. The van der Waals surface area contributed by atoms with E-state index in [-0.39, 0.29) is 5.69 Å². The van der Waals surface area contributed by atoms with Crippen LogP contribution in [0.3, 0.4) is 0 Å². The Morgan fingerprint density at radius 3 is 3.06 bits per heavy atom. The van der Waals surface area contributed by atoms with Crippen molar-refractivity contribution in [3.8, 4) is 0 Å². The number of imidazole rings is 1. The van der Waals surface area contributed by atoms with Gasteiger partial charge >= 0.3 is 5.69 Å². The van der Waals surface area contributed by atoms with Crippen LogP contribution in [-0.2, 0) is 18.3 Å². The van der Waals surface area contributed by atoms with Crippen LogP contribution in [0.1, 0.15) is 6.92 Å². The fraction of sp³-hybridized carbons (Fsp3) is 0.500. The molecule has 0 N–H and O–H groups in total. The second-order valence-corrected chi connectivity index (χ2v) is 3.42. The summed E-state index contributed by atoms with van der Waals surface area (Å²) in [6.45, 7) is 3.62. The molecular formula is C10H14N4O2. The van der Waals surface area contributed by atoms with E-state index >= 15 is 0 Å². The fourth-order valence-corrected chi connectivity index (χ4v) is 1.66. The van der Waals surface area contributed by atoms with Crippen molar-refractivity contribution in [3.05, 3.63) is 23.0 Å². The first-order valence-electron chi connectivity index (χ1n) is 5.18. The van der Waals surface area contributed by atoms with Crippen LogP contribution in [0.25, 0.3) is 11.2 Å². The Kier molecular flexibility index (Phi) is 3.00. The first-order chi connectivity index (χ1) is 7.75. The molecule has 0 unspecified atom stereocenters. The molecule has 0 amide bonds. The average Bonchev–Trinajstić information content (AvgIpc) is 2.55. The predicted octanol–water partition coefficient (Wildman–Crippen LogP) is 0.166. The Morgan fingerprint density at radius 1 is 1.50 bits per heavy atom. The molecule has 0 bridgehead atoms. The summed E-state index contributed by atoms with van der Waals surface area (Å²) in [5.74, 6) is 0. The number of hydrogen-bond acceptors (Lipinski definition) is 4. The van der Waals surface area contributed by atoms with Gasteiger partial charge in [0.15, 0.2) is 5.65 Å². The molecule has 6 heteroatoms. The van der Waals surface area contributed by atoms with Crippen LogP contribution in [0.15, 0.2) is 17.3 Å². The first kappa shape index (κ1) is 10.8. The highest BCUT2D eigenvalue weighted by Gasteiger charge is 2.10. The van der Waals surface area contributed by atoms with Crippen molar-refractivity contribution in [2.45, 2.75) is 13.5 Å². The molecule has 0 spiro atoms. The molecule has 0 atom stereocenters. The minimum Gasteiger partial charge on any atom is -0.380 e. The Morgan fingerprint density at radius 2 is 2.31 bits per heavy atom. The van der Waals surface area contributed by atoms with Gasteiger partial charge < -0.3 is 4.74 Å². The monoisotopic (exact) mass is 222 g/mol. The Bertz CT molecular complexity index is 543. The highest BCUT2D eigenvalue weighted by Crippen LogP contribution is 2.06. The number of rotatable bonds is 4. The number of nitrogens with zero attached hydrogens (tertiary/aromatic N) is 4. The molecule has 86 valence electrons. The molecule has 2 heterocycles. The molecule has 16 heavy (non-hydrogen) atoms. The van der Waals surface area contributed by atoms with Crippen molar-refractivity contribution in [2.75, 3.05) is 13.2 Å². The van der Waals surface area contributed by atoms with E-state index in [4.69, 9.17) is 4.74 Å². The number of aryl methyl sites for hydroxylation is 1. The van der Waals surface area contributed by atoms with Crippen LogP contribution in [0.2, 0.25) is 0 Å². The highest BCUT2D eigenvalue weighted by molar-refractivity contribution is 5.69. The number of ether oxygens (including phenoxy) is 1. The van der Waals surface area contributed by atoms with Gasteiger partial charge in [-0.2, -0.15) is 0 Å². The van der Waals surface area contributed by atoms with Gasteiger partial charge in [-0.25, -0.2) is 14.8 Å². The molecule has 0 saturated heterocycles. The molecule has 2 aromatic rings. The normalized spacial score (nSPS) is 11.1. The molecule has 0 radical (unpaired) electrons. The van der Waals surface area contributed by atoms with E-state index in [1.54, 1.807) is 17.8 Å². The van der Waals surface area contributed by atoms with Crippen LogP contribution in [0.5, 0.6) is 0 Å². The van der Waals surface area contributed by atoms with E-state index < -0.39 is 0 Å². The fourth-order valence-electron chi connectivity index (χ4n) is 1.66. The van der Waals surface area contributed by atoms with Gasteiger partial charge in [-0.15, -0.1) is 0 Å². The van der Waals surface area contributed by atoms with Gasteiger partial charge in [0.25, 0.3) is 0 Å². The maximum Gasteiger partial charge on any atom is 0.330 e. The number of fused-ring (bicyclic) bond motifs is 1. The third-order valence-corrected chi connectivity index (χ3v) is 2.46. The topological polar surface area (TPSA) is 61.9 Å². The number of aromatic nitrogens is 4. The summed E-state index contributed by atoms with van der Waals surface area (Å²) in [6, 6.07) is 0. The Hall–Kier alpha value is -1.69. The standard InChI is InChI=1S/C10H14N4O2/c1-3-16-5-4-14-8-6-11-7-12-9(8)13(2)10(14)15/h6-7H,3-5H2,1-2H3. The van der Waals surface area contributed by atoms with Crippen molar-refractivity contribution in [1.29, 1.82) is 0 Å². The lowest BCUT2D eigenvalue weighted by atomic mass is 10.5. The van der Waals surface area contributed by atoms with Gasteiger partial charge in [0.1, 0.15) is 11.8 Å². The van der Waals surface area contributed by atoms with Gasteiger partial charge in [0.05, 0.1) is 19.3 Å². The largest absolute Gasteiger partial charge is 0.380 e. The Labute approximate surface area is 92.5 Å². The van der Waals surface area contributed by atoms with Crippen LogP contribution >= 0.6 is 0 Å². The maximum atomic E-state index is 11.9. The third-order valence-electron chi connectivity index (χ3n) is 2.46. The van der Waals surface area contributed by atoms with Gasteiger partial charge in [-0.3, -0.25) is 9.13 Å². The molecule has 2 rings (SSSR count). The molecule has 0 saturated carbocycles. The van der Waals surface area contributed by atoms with E-state index in [0.29, 0.717) is 25.4 Å². The SMILES string of the molecule is CCOCCn1c(=O)n(C)c2ncncc21. The maximum absolute atomic E-state index is 11.9. The second kappa shape index (κ2) is 4.44. The van der Waals surface area contributed by atoms with Crippen LogP contribution in [0, 0.1) is 0 Å². The van der Waals surface area contributed by atoms with Gasteiger partial charge in [-0.1, -0.05) is 0 Å². The molecule has 0 aromatic carbocycles. The van der Waals surface area contributed by atoms with E-state index in [0.717, 1.165) is 5.52 Å². The molecule has 6 nitrogen and oxygen atoms in total. The van der Waals surface area contributed by atoms with Crippen LogP contribution in [0.4, 0.5) is 0 Å². The van der Waals surface area contributed by atoms with Gasteiger partial charge in [-0.05, 0) is 6.92 Å². The summed E-state index contributed by atoms with van der Waals surface area (Å²) < 4.78 is 8.39. The van der Waals surface area contributed by atoms with Crippen LogP contribution < -0.4 is 5.69 Å². The lowest BCUT2D eigenvalue weighted by molar-refractivity contribution is 0.139. The first-order valence-corrected chi connectivity index (χ1v) is 5.18. The van der Waals surface area contributed by atoms with Crippen LogP contribution in [-0.4, -0.2) is 32.3 Å². The van der Waals surface area contributed by atoms with E-state index in [1.807, 2.05) is 6.92 Å². The quantitative estimate of drug-likeness (QED) is 0.692. The second-order valence-electron chi connectivity index (χ2n) is 3.42. The molecule has 0 aliphatic carbocycles. The molecule has 0 fully saturated rings. The van der Waals surface area contributed by atoms with Crippen molar-refractivity contribution < 1.29 is 4.74 Å². The summed E-state index contributed by atoms with van der Waals surface area (Å²) in [4.78, 5) is 19.9. The zero-order valence-electron chi connectivity index (χ0n) is 9.38. The van der Waals surface area contributed by atoms with E-state index in [2.05, 4.69) is 9.97 Å². The zero-order valence-corrected chi connectivity index (χ0v) is 9.38. The molecule has 2 aromatic heterocycles. The predicted molar refractivity (Wildman–Crippen MR) is 59.3 cm³/mol. The van der Waals surface area contributed by atoms with Crippen molar-refractivity contribution in [2.24, 2.45) is 7.05 Å². The minimum atomic E-state index is -0.0878. The number of hydrogen-bond donors (Lipinski definition) is 0. The summed E-state index contributed by atoms with van der Waals surface area (Å²) in [7, 11) is 1.70. The minimum absolute atomic E-state index is 0.0878. The smallest absolute Gasteiger partial charge is 0.330 e. The van der Waals surface area contributed by atoms with Gasteiger partial charge in [0.2, 0.25) is 0 Å². The van der Waals surface area contributed by atoms with E-state index in [1.165, 1.54) is 10.9 Å². The van der Waals surface area contributed by atoms with Crippen molar-refractivity contribution in [1.82, 2.24) is 19.1 Å². The average molecular weight is 222 g/mol. The Balaban J connectivity index is 2.43. The summed E-state index contributed by atoms with van der Waals surface area (Å²) in [6.07, 6.45) is 3.09. The molecule has 0 aliphatic heterocycles. The zero-order chi connectivity index (χ0) is 11.5. The summed E-state index contributed by atoms with van der Waals surface area (Å²) in [5, 5.41) is 0. The van der Waals surface area contributed by atoms with Crippen molar-refractivity contribution >= 4 is 11.2 Å². The summed E-state index contributed by atoms with van der Waals surface area (Å²) in [5.41, 5.74) is 1.31. The summed E-state index contributed by atoms with van der Waals surface area (Å²) >= 11 is 0.